The van der Waals surface area contributed by atoms with Crippen LogP contribution >= 0.6 is 0 Å². The number of benzene rings is 1. The van der Waals surface area contributed by atoms with Crippen molar-refractivity contribution in [3.05, 3.63) is 29.8 Å². The van der Waals surface area contributed by atoms with E-state index in [1.165, 1.54) is 17.0 Å². The Hall–Kier alpha value is -3.71. The van der Waals surface area contributed by atoms with Crippen LogP contribution in [-0.2, 0) is 30.4 Å². The Labute approximate surface area is 214 Å². The van der Waals surface area contributed by atoms with E-state index in [1.54, 1.807) is 12.1 Å². The molecule has 204 valence electrons. The standard InChI is InChI=1S/C24H35N5O8/c25-10-2-1-4-17(27-21(33)16(26)13-20(31)32)22(34)28-18(12-14-6-8-15(30)9-7-14)23(35)29-11-3-5-19(29)24(36)37/h6-9,16-19,30H,1-5,10-13,25-26H2,(H,27,33)(H,28,34)(H,31,32)(H,36,37). The van der Waals surface area contributed by atoms with E-state index in [4.69, 9.17) is 16.6 Å². The van der Waals surface area contributed by atoms with Crippen molar-refractivity contribution in [1.29, 1.82) is 0 Å². The van der Waals surface area contributed by atoms with Crippen molar-refractivity contribution in [1.82, 2.24) is 15.5 Å². The summed E-state index contributed by atoms with van der Waals surface area (Å²) in [4.78, 5) is 62.9. The van der Waals surface area contributed by atoms with Gasteiger partial charge in [-0.15, -0.1) is 0 Å². The molecule has 2 rings (SSSR count). The molecule has 1 aromatic carbocycles. The van der Waals surface area contributed by atoms with Crippen LogP contribution in [0.1, 0.15) is 44.1 Å². The largest absolute Gasteiger partial charge is 0.508 e. The van der Waals surface area contributed by atoms with Crippen molar-refractivity contribution in [2.45, 2.75) is 69.1 Å². The number of carboxylic acids is 2. The topological polar surface area (TPSA) is 225 Å². The fraction of sp³-hybridized carbons (Fsp3) is 0.542. The normalized spacial score (nSPS) is 17.5. The van der Waals surface area contributed by atoms with Gasteiger partial charge >= 0.3 is 11.9 Å². The number of nitrogens with zero attached hydrogens (tertiary/aromatic N) is 1. The van der Waals surface area contributed by atoms with E-state index >= 15 is 0 Å². The lowest BCUT2D eigenvalue weighted by atomic mass is 10.0. The molecule has 37 heavy (non-hydrogen) atoms. The van der Waals surface area contributed by atoms with Crippen LogP contribution < -0.4 is 22.1 Å². The van der Waals surface area contributed by atoms with Crippen LogP contribution in [0.2, 0.25) is 0 Å². The molecular formula is C24H35N5O8. The highest BCUT2D eigenvalue weighted by Gasteiger charge is 2.38. The third-order valence-corrected chi connectivity index (χ3v) is 6.12. The van der Waals surface area contributed by atoms with Crippen molar-refractivity contribution in [3.8, 4) is 5.75 Å². The fourth-order valence-electron chi connectivity index (χ4n) is 4.15. The van der Waals surface area contributed by atoms with Gasteiger partial charge in [-0.05, 0) is 56.3 Å². The number of carbonyl (C=O) groups is 5. The summed E-state index contributed by atoms with van der Waals surface area (Å²) in [6.07, 6.45) is 1.36. The molecule has 13 heteroatoms. The minimum absolute atomic E-state index is 0.00961. The van der Waals surface area contributed by atoms with Crippen LogP contribution in [0.25, 0.3) is 0 Å². The number of phenols is 1. The Morgan fingerprint density at radius 2 is 1.65 bits per heavy atom. The van der Waals surface area contributed by atoms with Crippen molar-refractivity contribution in [2.24, 2.45) is 11.5 Å². The number of unbranched alkanes of at least 4 members (excludes halogenated alkanes) is 1. The van der Waals surface area contributed by atoms with Crippen molar-refractivity contribution < 1.29 is 39.3 Å². The minimum Gasteiger partial charge on any atom is -0.508 e. The Morgan fingerprint density at radius 1 is 1.00 bits per heavy atom. The summed E-state index contributed by atoms with van der Waals surface area (Å²) in [5.41, 5.74) is 11.8. The van der Waals surface area contributed by atoms with Gasteiger partial charge in [0, 0.05) is 13.0 Å². The molecule has 1 heterocycles. The maximum absolute atomic E-state index is 13.4. The smallest absolute Gasteiger partial charge is 0.326 e. The van der Waals surface area contributed by atoms with Gasteiger partial charge in [-0.2, -0.15) is 0 Å². The zero-order valence-electron chi connectivity index (χ0n) is 20.5. The average Bonchev–Trinajstić information content (AvgIpc) is 3.34. The van der Waals surface area contributed by atoms with Crippen LogP contribution in [0.5, 0.6) is 5.75 Å². The molecule has 1 fully saturated rings. The number of aromatic hydroxyl groups is 1. The average molecular weight is 522 g/mol. The summed E-state index contributed by atoms with van der Waals surface area (Å²) in [5.74, 6) is -4.51. The van der Waals surface area contributed by atoms with Gasteiger partial charge in [-0.25, -0.2) is 4.79 Å². The molecule has 3 amide bonds. The fourth-order valence-corrected chi connectivity index (χ4v) is 4.15. The Balaban J connectivity index is 2.26. The molecule has 1 saturated heterocycles. The number of carboxylic acid groups (broad SMARTS) is 2. The summed E-state index contributed by atoms with van der Waals surface area (Å²) >= 11 is 0. The summed E-state index contributed by atoms with van der Waals surface area (Å²) in [7, 11) is 0. The first-order chi connectivity index (χ1) is 17.5. The van der Waals surface area contributed by atoms with Gasteiger partial charge in [0.25, 0.3) is 0 Å². The summed E-state index contributed by atoms with van der Waals surface area (Å²) in [6.45, 7) is 0.576. The van der Waals surface area contributed by atoms with Crippen LogP contribution in [0.3, 0.4) is 0 Å². The third kappa shape index (κ3) is 9.03. The van der Waals surface area contributed by atoms with E-state index in [-0.39, 0.29) is 25.1 Å². The van der Waals surface area contributed by atoms with E-state index in [9.17, 15) is 34.2 Å². The number of nitrogens with two attached hydrogens (primary N) is 2. The Morgan fingerprint density at radius 3 is 2.24 bits per heavy atom. The van der Waals surface area contributed by atoms with Crippen LogP contribution in [0.4, 0.5) is 0 Å². The molecule has 13 nitrogen and oxygen atoms in total. The number of carbonyl (C=O) groups excluding carboxylic acids is 3. The quantitative estimate of drug-likeness (QED) is 0.146. The minimum atomic E-state index is -1.38. The lowest BCUT2D eigenvalue weighted by Crippen LogP contribution is -2.57. The highest BCUT2D eigenvalue weighted by atomic mass is 16.4. The second-order valence-corrected chi connectivity index (χ2v) is 9.01. The molecule has 0 radical (unpaired) electrons. The highest BCUT2D eigenvalue weighted by molar-refractivity contribution is 5.95. The molecule has 0 spiro atoms. The summed E-state index contributed by atoms with van der Waals surface area (Å²) in [6, 6.07) is 1.33. The van der Waals surface area contributed by atoms with Gasteiger partial charge < -0.3 is 42.3 Å². The molecule has 1 aliphatic heterocycles. The monoisotopic (exact) mass is 521 g/mol. The SMILES string of the molecule is NCCCCC(NC(=O)C(N)CC(=O)O)C(=O)NC(Cc1ccc(O)cc1)C(=O)N1CCCC1C(=O)O. The second-order valence-electron chi connectivity index (χ2n) is 9.01. The van der Waals surface area contributed by atoms with E-state index < -0.39 is 60.2 Å². The molecule has 0 bridgehead atoms. The lowest BCUT2D eigenvalue weighted by Gasteiger charge is -2.29. The molecule has 0 saturated carbocycles. The van der Waals surface area contributed by atoms with Gasteiger partial charge in [0.15, 0.2) is 0 Å². The van der Waals surface area contributed by atoms with Crippen LogP contribution in [0.15, 0.2) is 24.3 Å². The number of aliphatic carboxylic acids is 2. The van der Waals surface area contributed by atoms with Gasteiger partial charge in [-0.1, -0.05) is 12.1 Å². The third-order valence-electron chi connectivity index (χ3n) is 6.12. The Bertz CT molecular complexity index is 970. The zero-order valence-corrected chi connectivity index (χ0v) is 20.5. The lowest BCUT2D eigenvalue weighted by molar-refractivity contribution is -0.149. The van der Waals surface area contributed by atoms with E-state index in [0.717, 1.165) is 0 Å². The molecule has 1 aliphatic rings. The number of rotatable bonds is 14. The van der Waals surface area contributed by atoms with Crippen LogP contribution in [0, 0.1) is 0 Å². The number of amides is 3. The van der Waals surface area contributed by atoms with Gasteiger partial charge in [0.05, 0.1) is 12.5 Å². The number of hydrogen-bond donors (Lipinski definition) is 7. The maximum Gasteiger partial charge on any atom is 0.326 e. The van der Waals surface area contributed by atoms with Crippen molar-refractivity contribution >= 4 is 29.7 Å². The summed E-state index contributed by atoms with van der Waals surface area (Å²) < 4.78 is 0. The first-order valence-corrected chi connectivity index (χ1v) is 12.1. The molecule has 4 atom stereocenters. The van der Waals surface area contributed by atoms with E-state index in [2.05, 4.69) is 10.6 Å². The Kier molecular flexibility index (Phi) is 11.3. The second kappa shape index (κ2) is 14.1. The molecule has 4 unspecified atom stereocenters. The molecule has 9 N–H and O–H groups in total. The first-order valence-electron chi connectivity index (χ1n) is 12.1. The van der Waals surface area contributed by atoms with Gasteiger partial charge in [0.1, 0.15) is 23.9 Å². The van der Waals surface area contributed by atoms with Crippen molar-refractivity contribution in [3.63, 3.8) is 0 Å². The van der Waals surface area contributed by atoms with Crippen LogP contribution in [-0.4, -0.2) is 87.1 Å². The first kappa shape index (κ1) is 29.5. The maximum atomic E-state index is 13.4. The molecule has 0 aromatic heterocycles. The van der Waals surface area contributed by atoms with Gasteiger partial charge in [0.2, 0.25) is 17.7 Å². The molecule has 0 aliphatic carbocycles. The number of likely N-dealkylation sites (tertiary alicyclic amines) is 1. The predicted octanol–water partition coefficient (Wildman–Crippen LogP) is -1.09. The number of hydrogen-bond acceptors (Lipinski definition) is 8. The van der Waals surface area contributed by atoms with E-state index in [1.807, 2.05) is 0 Å². The van der Waals surface area contributed by atoms with Gasteiger partial charge in [-0.3, -0.25) is 19.2 Å². The zero-order chi connectivity index (χ0) is 27.5. The molecule has 1 aromatic rings. The summed E-state index contributed by atoms with van der Waals surface area (Å²) in [5, 5.41) is 33.1. The highest BCUT2D eigenvalue weighted by Crippen LogP contribution is 2.20. The van der Waals surface area contributed by atoms with E-state index in [0.29, 0.717) is 37.8 Å². The predicted molar refractivity (Wildman–Crippen MR) is 131 cm³/mol. The molecular weight excluding hydrogens is 486 g/mol. The van der Waals surface area contributed by atoms with Crippen molar-refractivity contribution in [2.75, 3.05) is 13.1 Å². The number of nitrogens with one attached hydrogen (secondary N) is 2. The number of phenolic OH excluding ortho intramolecular Hbond substituents is 1.